The number of hydrogen-bond donors (Lipinski definition) is 2. The Bertz CT molecular complexity index is 351. The molecule has 0 aliphatic heterocycles. The lowest BCUT2D eigenvalue weighted by Gasteiger charge is -2.16. The molecule has 3 N–H and O–H groups in total. The van der Waals surface area contributed by atoms with Gasteiger partial charge in [0.05, 0.1) is 11.4 Å². The summed E-state index contributed by atoms with van der Waals surface area (Å²) in [5.74, 6) is 0. The number of anilines is 2. The Hall–Kier alpha value is -0.640. The number of rotatable bonds is 4. The van der Waals surface area contributed by atoms with Crippen molar-refractivity contribution in [3.8, 4) is 0 Å². The van der Waals surface area contributed by atoms with E-state index in [2.05, 4.69) is 5.09 Å². The van der Waals surface area contributed by atoms with Crippen LogP contribution in [0.2, 0.25) is 0 Å². The van der Waals surface area contributed by atoms with E-state index in [0.29, 0.717) is 11.4 Å². The molecule has 0 spiro atoms. The minimum Gasteiger partial charge on any atom is -0.397 e. The smallest absolute Gasteiger partial charge is 0.350 e. The first-order valence-electron chi connectivity index (χ1n) is 3.95. The number of benzene rings is 1. The van der Waals surface area contributed by atoms with Crippen LogP contribution in [0.25, 0.3) is 0 Å². The molecule has 1 aromatic rings. The second-order valence-electron chi connectivity index (χ2n) is 2.56. The van der Waals surface area contributed by atoms with Gasteiger partial charge in [-0.2, -0.15) is 0 Å². The fourth-order valence-electron chi connectivity index (χ4n) is 0.912. The molecule has 1 atom stereocenters. The molecule has 14 heavy (non-hydrogen) atoms. The molecule has 0 aliphatic rings. The Morgan fingerprint density at radius 3 is 2.64 bits per heavy atom. The van der Waals surface area contributed by atoms with E-state index in [1.54, 1.807) is 18.4 Å². The summed E-state index contributed by atoms with van der Waals surface area (Å²) in [4.78, 5) is 0. The minimum absolute atomic E-state index is 0.554. The van der Waals surface area contributed by atoms with Crippen LogP contribution < -0.4 is 10.8 Å². The molecule has 0 heterocycles. The van der Waals surface area contributed by atoms with E-state index in [4.69, 9.17) is 10.3 Å². The Morgan fingerprint density at radius 2 is 2.14 bits per heavy atom. The summed E-state index contributed by atoms with van der Waals surface area (Å²) in [6, 6.07) is 7.14. The second kappa shape index (κ2) is 4.73. The number of nitrogens with two attached hydrogens (primary N) is 1. The van der Waals surface area contributed by atoms with Crippen LogP contribution >= 0.6 is 18.1 Å². The highest BCUT2D eigenvalue weighted by atomic mass is 32.7. The van der Waals surface area contributed by atoms with E-state index in [1.165, 1.54) is 7.11 Å². The SMILES string of the molecule is COP(=O)(Nc1ccccc1N)SC. The van der Waals surface area contributed by atoms with E-state index in [-0.39, 0.29) is 0 Å². The standard InChI is InChI=1S/C8H13N2O2PS/c1-12-13(11,14-2)10-8-6-4-3-5-7(8)9/h3-6H,9H2,1-2H3,(H,10,11). The average Bonchev–Trinajstić information content (AvgIpc) is 2.21. The maximum absolute atomic E-state index is 11.8. The van der Waals surface area contributed by atoms with Crippen molar-refractivity contribution in [2.75, 3.05) is 24.2 Å². The first-order valence-corrected chi connectivity index (χ1v) is 7.41. The second-order valence-corrected chi connectivity index (χ2v) is 7.05. The van der Waals surface area contributed by atoms with Gasteiger partial charge in [0.25, 0.3) is 0 Å². The van der Waals surface area contributed by atoms with Crippen molar-refractivity contribution in [1.82, 2.24) is 0 Å². The lowest BCUT2D eigenvalue weighted by Crippen LogP contribution is -1.98. The zero-order valence-corrected chi connectivity index (χ0v) is 9.77. The quantitative estimate of drug-likeness (QED) is 0.617. The third-order valence-corrected chi connectivity index (χ3v) is 5.34. The van der Waals surface area contributed by atoms with Crippen LogP contribution in [-0.2, 0) is 9.09 Å². The van der Waals surface area contributed by atoms with Crippen molar-refractivity contribution in [3.05, 3.63) is 24.3 Å². The van der Waals surface area contributed by atoms with Gasteiger partial charge in [0.2, 0.25) is 0 Å². The van der Waals surface area contributed by atoms with Crippen LogP contribution in [0.3, 0.4) is 0 Å². The fraction of sp³-hybridized carbons (Fsp3) is 0.250. The zero-order valence-electron chi connectivity index (χ0n) is 8.06. The van der Waals surface area contributed by atoms with Crippen LogP contribution in [0.15, 0.2) is 24.3 Å². The number of hydrogen-bond acceptors (Lipinski definition) is 4. The van der Waals surface area contributed by atoms with E-state index >= 15 is 0 Å². The molecular formula is C8H13N2O2PS. The van der Waals surface area contributed by atoms with Crippen LogP contribution in [0.5, 0.6) is 0 Å². The summed E-state index contributed by atoms with van der Waals surface area (Å²) in [5.41, 5.74) is 6.87. The predicted molar refractivity (Wildman–Crippen MR) is 62.6 cm³/mol. The normalized spacial score (nSPS) is 14.7. The molecule has 1 unspecified atom stereocenters. The number of para-hydroxylation sites is 2. The molecule has 0 radical (unpaired) electrons. The van der Waals surface area contributed by atoms with Crippen molar-refractivity contribution in [2.24, 2.45) is 0 Å². The Balaban J connectivity index is 2.88. The largest absolute Gasteiger partial charge is 0.397 e. The first-order chi connectivity index (χ1) is 6.61. The lowest BCUT2D eigenvalue weighted by molar-refractivity contribution is 0.414. The molecule has 0 amide bonds. The number of nitrogen functional groups attached to an aromatic ring is 1. The van der Waals surface area contributed by atoms with Crippen molar-refractivity contribution >= 4 is 29.5 Å². The third kappa shape index (κ3) is 2.67. The summed E-state index contributed by atoms with van der Waals surface area (Å²) < 4.78 is 16.7. The topological polar surface area (TPSA) is 64.3 Å². The molecule has 0 aliphatic carbocycles. The van der Waals surface area contributed by atoms with Crippen LogP contribution in [-0.4, -0.2) is 13.4 Å². The van der Waals surface area contributed by atoms with Gasteiger partial charge in [0.15, 0.2) is 0 Å². The predicted octanol–water partition coefficient (Wildman–Crippen LogP) is 2.80. The molecule has 1 aromatic carbocycles. The van der Waals surface area contributed by atoms with Gasteiger partial charge in [-0.05, 0) is 18.4 Å². The van der Waals surface area contributed by atoms with Gasteiger partial charge in [0.1, 0.15) is 0 Å². The highest BCUT2D eigenvalue weighted by molar-refractivity contribution is 8.56. The van der Waals surface area contributed by atoms with Crippen molar-refractivity contribution in [1.29, 1.82) is 0 Å². The van der Waals surface area contributed by atoms with Gasteiger partial charge in [-0.25, -0.2) is 0 Å². The van der Waals surface area contributed by atoms with Gasteiger partial charge < -0.3 is 15.3 Å². The molecule has 0 fully saturated rings. The summed E-state index contributed by atoms with van der Waals surface area (Å²) in [7, 11) is 1.41. The summed E-state index contributed by atoms with van der Waals surface area (Å²) >= 11 is 1.14. The average molecular weight is 232 g/mol. The Kier molecular flexibility index (Phi) is 3.86. The maximum atomic E-state index is 11.8. The lowest BCUT2D eigenvalue weighted by atomic mass is 10.3. The van der Waals surface area contributed by atoms with E-state index in [1.807, 2.05) is 12.1 Å². The van der Waals surface area contributed by atoms with Crippen LogP contribution in [0.1, 0.15) is 0 Å². The highest BCUT2D eigenvalue weighted by Crippen LogP contribution is 2.57. The monoisotopic (exact) mass is 232 g/mol. The van der Waals surface area contributed by atoms with Gasteiger partial charge in [-0.15, -0.1) is 0 Å². The molecule has 0 aromatic heterocycles. The summed E-state index contributed by atoms with van der Waals surface area (Å²) in [5, 5.41) is 2.79. The van der Waals surface area contributed by atoms with E-state index < -0.39 is 6.72 Å². The molecule has 78 valence electrons. The molecule has 6 heteroatoms. The molecule has 1 rings (SSSR count). The van der Waals surface area contributed by atoms with Crippen molar-refractivity contribution < 1.29 is 9.09 Å². The van der Waals surface area contributed by atoms with E-state index in [0.717, 1.165) is 11.4 Å². The Morgan fingerprint density at radius 1 is 1.50 bits per heavy atom. The summed E-state index contributed by atoms with van der Waals surface area (Å²) in [6.45, 7) is -2.84. The zero-order chi connectivity index (χ0) is 10.6. The Labute approximate surface area is 87.5 Å². The minimum atomic E-state index is -2.84. The van der Waals surface area contributed by atoms with Crippen molar-refractivity contribution in [3.63, 3.8) is 0 Å². The van der Waals surface area contributed by atoms with Crippen molar-refractivity contribution in [2.45, 2.75) is 0 Å². The first kappa shape index (κ1) is 11.4. The van der Waals surface area contributed by atoms with Crippen LogP contribution in [0, 0.1) is 0 Å². The van der Waals surface area contributed by atoms with Gasteiger partial charge >= 0.3 is 6.72 Å². The highest BCUT2D eigenvalue weighted by Gasteiger charge is 2.20. The molecule has 0 saturated heterocycles. The number of nitrogens with one attached hydrogen (secondary N) is 1. The molecular weight excluding hydrogens is 219 g/mol. The fourth-order valence-corrected chi connectivity index (χ4v) is 2.76. The van der Waals surface area contributed by atoms with Gasteiger partial charge in [-0.3, -0.25) is 4.57 Å². The molecule has 0 bridgehead atoms. The van der Waals surface area contributed by atoms with Gasteiger partial charge in [0, 0.05) is 7.11 Å². The van der Waals surface area contributed by atoms with E-state index in [9.17, 15) is 4.57 Å². The molecule has 0 saturated carbocycles. The maximum Gasteiger partial charge on any atom is 0.350 e. The van der Waals surface area contributed by atoms with Crippen LogP contribution in [0.4, 0.5) is 11.4 Å². The third-order valence-electron chi connectivity index (χ3n) is 1.70. The molecule has 4 nitrogen and oxygen atoms in total. The van der Waals surface area contributed by atoms with Gasteiger partial charge in [-0.1, -0.05) is 23.5 Å². The summed E-state index contributed by atoms with van der Waals surface area (Å²) in [6.07, 6.45) is 1.72.